The van der Waals surface area contributed by atoms with Gasteiger partial charge in [-0.2, -0.15) is 5.26 Å². The minimum absolute atomic E-state index is 0.533. The lowest BCUT2D eigenvalue weighted by Gasteiger charge is -2.02. The molecule has 12 heavy (non-hydrogen) atoms. The van der Waals surface area contributed by atoms with Gasteiger partial charge < -0.3 is 5.73 Å². The zero-order valence-corrected chi connectivity index (χ0v) is 7.04. The molecule has 0 aliphatic carbocycles. The lowest BCUT2D eigenvalue weighted by molar-refractivity contribution is 0.914. The summed E-state index contributed by atoms with van der Waals surface area (Å²) < 4.78 is 0. The Balaban J connectivity index is 3.11. The summed E-state index contributed by atoms with van der Waals surface area (Å²) in [5.41, 5.74) is 7.83. The molecular weight excluding hydrogens is 150 g/mol. The van der Waals surface area contributed by atoms with E-state index in [2.05, 4.69) is 11.1 Å². The molecule has 62 valence electrons. The van der Waals surface area contributed by atoms with Crippen molar-refractivity contribution >= 4 is 0 Å². The first-order chi connectivity index (χ1) is 5.79. The third-order valence-electron chi connectivity index (χ3n) is 1.73. The second kappa shape index (κ2) is 3.84. The van der Waals surface area contributed by atoms with Crippen LogP contribution in [0.5, 0.6) is 0 Å². The highest BCUT2D eigenvalue weighted by Crippen LogP contribution is 2.09. The fourth-order valence-electron chi connectivity index (χ4n) is 1.09. The van der Waals surface area contributed by atoms with Crippen LogP contribution in [-0.2, 0) is 6.42 Å². The maximum absolute atomic E-state index is 8.80. The number of rotatable bonds is 2. The molecule has 3 heteroatoms. The largest absolute Gasteiger partial charge is 0.330 e. The smallest absolute Gasteiger partial charge is 0.101 e. The second-order valence-electron chi connectivity index (χ2n) is 2.60. The summed E-state index contributed by atoms with van der Waals surface area (Å²) in [4.78, 5) is 4.10. The van der Waals surface area contributed by atoms with Crippen LogP contribution in [0.3, 0.4) is 0 Å². The van der Waals surface area contributed by atoms with Gasteiger partial charge in [0, 0.05) is 12.6 Å². The Morgan fingerprint density at radius 3 is 3.00 bits per heavy atom. The highest BCUT2D eigenvalue weighted by Gasteiger charge is 2.04. The SMILES string of the molecule is Cc1ccnc(CCN)c1C#N. The van der Waals surface area contributed by atoms with E-state index in [0.29, 0.717) is 18.5 Å². The zero-order valence-electron chi connectivity index (χ0n) is 7.04. The molecule has 1 aromatic heterocycles. The quantitative estimate of drug-likeness (QED) is 0.696. The topological polar surface area (TPSA) is 62.7 Å². The maximum atomic E-state index is 8.80. The molecule has 0 aliphatic heterocycles. The monoisotopic (exact) mass is 161 g/mol. The molecule has 0 atom stereocenters. The van der Waals surface area contributed by atoms with Crippen LogP contribution in [0, 0.1) is 18.3 Å². The van der Waals surface area contributed by atoms with Gasteiger partial charge >= 0.3 is 0 Å². The van der Waals surface area contributed by atoms with Crippen LogP contribution in [0.15, 0.2) is 12.3 Å². The highest BCUT2D eigenvalue weighted by atomic mass is 14.7. The summed E-state index contributed by atoms with van der Waals surface area (Å²) in [5.74, 6) is 0. The molecule has 0 bridgehead atoms. The number of aryl methyl sites for hydroxylation is 1. The standard InChI is InChI=1S/C9H11N3/c1-7-3-5-12-9(2-4-10)8(7)6-11/h3,5H,2,4,10H2,1H3. The average molecular weight is 161 g/mol. The Kier molecular flexibility index (Phi) is 2.78. The van der Waals surface area contributed by atoms with Gasteiger partial charge in [0.1, 0.15) is 6.07 Å². The van der Waals surface area contributed by atoms with Crippen molar-refractivity contribution in [3.8, 4) is 6.07 Å². The Labute approximate surface area is 71.8 Å². The summed E-state index contributed by atoms with van der Waals surface area (Å²) in [6.45, 7) is 2.44. The first-order valence-corrected chi connectivity index (χ1v) is 3.84. The number of hydrogen-bond acceptors (Lipinski definition) is 3. The molecule has 0 spiro atoms. The van der Waals surface area contributed by atoms with Gasteiger partial charge in [-0.25, -0.2) is 0 Å². The van der Waals surface area contributed by atoms with Crippen molar-refractivity contribution in [3.63, 3.8) is 0 Å². The van der Waals surface area contributed by atoms with Gasteiger partial charge in [0.25, 0.3) is 0 Å². The molecule has 0 unspecified atom stereocenters. The van der Waals surface area contributed by atoms with Crippen LogP contribution >= 0.6 is 0 Å². The molecule has 0 radical (unpaired) electrons. The van der Waals surface area contributed by atoms with Crippen LogP contribution in [0.2, 0.25) is 0 Å². The third kappa shape index (κ3) is 1.60. The van der Waals surface area contributed by atoms with Gasteiger partial charge in [-0.05, 0) is 25.1 Å². The van der Waals surface area contributed by atoms with E-state index in [9.17, 15) is 0 Å². The summed E-state index contributed by atoms with van der Waals surface area (Å²) >= 11 is 0. The number of aromatic nitrogens is 1. The van der Waals surface area contributed by atoms with Crippen molar-refractivity contribution in [2.45, 2.75) is 13.3 Å². The second-order valence-corrected chi connectivity index (χ2v) is 2.60. The van der Waals surface area contributed by atoms with E-state index >= 15 is 0 Å². The fraction of sp³-hybridized carbons (Fsp3) is 0.333. The van der Waals surface area contributed by atoms with Crippen molar-refractivity contribution in [1.29, 1.82) is 5.26 Å². The molecule has 2 N–H and O–H groups in total. The molecule has 0 aliphatic rings. The summed E-state index contributed by atoms with van der Waals surface area (Å²) in [7, 11) is 0. The number of pyridine rings is 1. The molecule has 0 amide bonds. The van der Waals surface area contributed by atoms with Crippen molar-refractivity contribution < 1.29 is 0 Å². The van der Waals surface area contributed by atoms with E-state index in [1.807, 2.05) is 13.0 Å². The van der Waals surface area contributed by atoms with Gasteiger partial charge in [-0.15, -0.1) is 0 Å². The molecular formula is C9H11N3. The highest BCUT2D eigenvalue weighted by molar-refractivity contribution is 5.39. The van der Waals surface area contributed by atoms with Crippen LogP contribution in [-0.4, -0.2) is 11.5 Å². The van der Waals surface area contributed by atoms with Gasteiger partial charge in [0.15, 0.2) is 0 Å². The maximum Gasteiger partial charge on any atom is 0.101 e. The first-order valence-electron chi connectivity index (χ1n) is 3.84. The van der Waals surface area contributed by atoms with Crippen molar-refractivity contribution in [2.24, 2.45) is 5.73 Å². The number of nitriles is 1. The van der Waals surface area contributed by atoms with Crippen LogP contribution in [0.4, 0.5) is 0 Å². The summed E-state index contributed by atoms with van der Waals surface area (Å²) in [6.07, 6.45) is 2.38. The van der Waals surface area contributed by atoms with E-state index in [0.717, 1.165) is 11.3 Å². The number of nitrogens with two attached hydrogens (primary N) is 1. The predicted molar refractivity (Wildman–Crippen MR) is 46.4 cm³/mol. The van der Waals surface area contributed by atoms with E-state index in [1.54, 1.807) is 6.20 Å². The number of nitrogens with zero attached hydrogens (tertiary/aromatic N) is 2. The molecule has 0 fully saturated rings. The van der Waals surface area contributed by atoms with E-state index < -0.39 is 0 Å². The van der Waals surface area contributed by atoms with Crippen molar-refractivity contribution in [3.05, 3.63) is 29.1 Å². The molecule has 0 saturated heterocycles. The molecule has 0 saturated carbocycles. The van der Waals surface area contributed by atoms with Crippen LogP contribution < -0.4 is 5.73 Å². The van der Waals surface area contributed by atoms with Crippen molar-refractivity contribution in [1.82, 2.24) is 4.98 Å². The van der Waals surface area contributed by atoms with E-state index in [4.69, 9.17) is 11.0 Å². The van der Waals surface area contributed by atoms with Crippen molar-refractivity contribution in [2.75, 3.05) is 6.54 Å². The van der Waals surface area contributed by atoms with E-state index in [-0.39, 0.29) is 0 Å². The minimum atomic E-state index is 0.533. The van der Waals surface area contributed by atoms with E-state index in [1.165, 1.54) is 0 Å². The molecule has 1 heterocycles. The molecule has 1 aromatic rings. The summed E-state index contributed by atoms with van der Waals surface area (Å²) in [5, 5.41) is 8.80. The molecule has 0 aromatic carbocycles. The lowest BCUT2D eigenvalue weighted by atomic mass is 10.1. The van der Waals surface area contributed by atoms with Gasteiger partial charge in [0.05, 0.1) is 11.3 Å². The predicted octanol–water partition coefficient (Wildman–Crippen LogP) is 0.763. The first kappa shape index (κ1) is 8.69. The minimum Gasteiger partial charge on any atom is -0.330 e. The van der Waals surface area contributed by atoms with Gasteiger partial charge in [0.2, 0.25) is 0 Å². The van der Waals surface area contributed by atoms with Crippen LogP contribution in [0.1, 0.15) is 16.8 Å². The Morgan fingerprint density at radius 1 is 1.67 bits per heavy atom. The zero-order chi connectivity index (χ0) is 8.97. The Morgan fingerprint density at radius 2 is 2.42 bits per heavy atom. The lowest BCUT2D eigenvalue weighted by Crippen LogP contribution is -2.06. The summed E-state index contributed by atoms with van der Waals surface area (Å²) in [6, 6.07) is 3.96. The van der Waals surface area contributed by atoms with Gasteiger partial charge in [-0.3, -0.25) is 4.98 Å². The molecule has 1 rings (SSSR count). The number of hydrogen-bond donors (Lipinski definition) is 1. The fourth-order valence-corrected chi connectivity index (χ4v) is 1.09. The van der Waals surface area contributed by atoms with Gasteiger partial charge in [-0.1, -0.05) is 0 Å². The van der Waals surface area contributed by atoms with Crippen LogP contribution in [0.25, 0.3) is 0 Å². The molecule has 3 nitrogen and oxygen atoms in total. The average Bonchev–Trinajstić information content (AvgIpc) is 2.05. The normalized spacial score (nSPS) is 9.42. The Hall–Kier alpha value is -1.40. The third-order valence-corrected chi connectivity index (χ3v) is 1.73. The Bertz CT molecular complexity index is 312.